The summed E-state index contributed by atoms with van der Waals surface area (Å²) in [7, 11) is 0. The average molecular weight is 233 g/mol. The highest BCUT2D eigenvalue weighted by atomic mass is 35.5. The molecular formula is C10H21ClN4. The van der Waals surface area contributed by atoms with Crippen molar-refractivity contribution in [3.8, 4) is 0 Å². The molecule has 0 saturated heterocycles. The van der Waals surface area contributed by atoms with Gasteiger partial charge in [-0.2, -0.15) is 0 Å². The average Bonchev–Trinajstić information content (AvgIpc) is 2.31. The van der Waals surface area contributed by atoms with Crippen molar-refractivity contribution in [1.29, 1.82) is 0 Å². The predicted octanol–water partition coefficient (Wildman–Crippen LogP) is -3.51. The molecule has 1 aliphatic rings. The normalized spacial score (nSPS) is 20.6. The Bertz CT molecular complexity index is 226. The van der Waals surface area contributed by atoms with Crippen LogP contribution in [0.3, 0.4) is 0 Å². The van der Waals surface area contributed by atoms with Crippen LogP contribution in [0.1, 0.15) is 45.4 Å². The van der Waals surface area contributed by atoms with Crippen molar-refractivity contribution in [3.63, 3.8) is 0 Å². The van der Waals surface area contributed by atoms with Gasteiger partial charge in [-0.3, -0.25) is 10.7 Å². The summed E-state index contributed by atoms with van der Waals surface area (Å²) in [5.41, 5.74) is 11.1. The van der Waals surface area contributed by atoms with Crippen LogP contribution in [-0.2, 0) is 0 Å². The third-order valence-electron chi connectivity index (χ3n) is 2.50. The number of nitrogens with zero attached hydrogens (tertiary/aromatic N) is 1. The maximum absolute atomic E-state index is 5.69. The zero-order valence-corrected chi connectivity index (χ0v) is 10.1. The fraction of sp³-hybridized carbons (Fsp3) is 0.800. The van der Waals surface area contributed by atoms with E-state index in [1.807, 2.05) is 0 Å². The van der Waals surface area contributed by atoms with Gasteiger partial charge in [0.05, 0.1) is 6.04 Å². The first-order valence-corrected chi connectivity index (χ1v) is 5.38. The molecule has 0 aliphatic heterocycles. The lowest BCUT2D eigenvalue weighted by molar-refractivity contribution is -0.506. The van der Waals surface area contributed by atoms with Gasteiger partial charge in [-0.25, -0.2) is 0 Å². The van der Waals surface area contributed by atoms with E-state index in [0.29, 0.717) is 17.8 Å². The van der Waals surface area contributed by atoms with E-state index in [1.54, 1.807) is 6.92 Å². The molecule has 0 amide bonds. The Kier molecular flexibility index (Phi) is 7.13. The van der Waals surface area contributed by atoms with Crippen LogP contribution in [0.25, 0.3) is 0 Å². The van der Waals surface area contributed by atoms with Crippen LogP contribution in [0.2, 0.25) is 0 Å². The van der Waals surface area contributed by atoms with Crippen molar-refractivity contribution in [3.05, 3.63) is 0 Å². The fourth-order valence-corrected chi connectivity index (χ4v) is 1.86. The molecule has 5 heteroatoms. The first-order valence-electron chi connectivity index (χ1n) is 5.38. The Morgan fingerprint density at radius 2 is 1.67 bits per heavy atom. The van der Waals surface area contributed by atoms with Gasteiger partial charge in [0.15, 0.2) is 5.84 Å². The predicted molar refractivity (Wildman–Crippen MR) is 58.9 cm³/mol. The zero-order valence-electron chi connectivity index (χ0n) is 9.30. The van der Waals surface area contributed by atoms with Gasteiger partial charge in [-0.15, -0.1) is 0 Å². The Labute approximate surface area is 97.6 Å². The van der Waals surface area contributed by atoms with E-state index in [-0.39, 0.29) is 12.4 Å². The van der Waals surface area contributed by atoms with Gasteiger partial charge in [-0.05, 0) is 12.8 Å². The molecule has 0 radical (unpaired) electrons. The number of nitrogens with two attached hydrogens (primary N) is 2. The van der Waals surface area contributed by atoms with Crippen LogP contribution in [0, 0.1) is 0 Å². The molecule has 0 bridgehead atoms. The summed E-state index contributed by atoms with van der Waals surface area (Å²) >= 11 is 0. The molecule has 0 unspecified atom stereocenters. The Morgan fingerprint density at radius 3 is 2.13 bits per heavy atom. The third kappa shape index (κ3) is 6.33. The van der Waals surface area contributed by atoms with Crippen molar-refractivity contribution in [2.24, 2.45) is 16.5 Å². The highest BCUT2D eigenvalue weighted by Gasteiger charge is 2.12. The van der Waals surface area contributed by atoms with Crippen LogP contribution < -0.4 is 28.9 Å². The van der Waals surface area contributed by atoms with Crippen molar-refractivity contribution in [2.45, 2.75) is 51.5 Å². The van der Waals surface area contributed by atoms with E-state index in [9.17, 15) is 0 Å². The van der Waals surface area contributed by atoms with E-state index in [0.717, 1.165) is 0 Å². The third-order valence-corrected chi connectivity index (χ3v) is 2.50. The number of rotatable bonds is 1. The lowest BCUT2D eigenvalue weighted by Crippen LogP contribution is -3.00. The molecule has 0 spiro atoms. The molecule has 1 fully saturated rings. The first-order chi connectivity index (χ1) is 6.68. The van der Waals surface area contributed by atoms with Crippen LogP contribution in [0.15, 0.2) is 4.99 Å². The first kappa shape index (κ1) is 14.2. The van der Waals surface area contributed by atoms with Crippen molar-refractivity contribution < 1.29 is 17.4 Å². The molecular weight excluding hydrogens is 212 g/mol. The second-order valence-corrected chi connectivity index (χ2v) is 3.97. The van der Waals surface area contributed by atoms with E-state index in [2.05, 4.69) is 9.98 Å². The van der Waals surface area contributed by atoms with Gasteiger partial charge in [0.25, 0.3) is 0 Å². The Hall–Kier alpha value is -0.770. The highest BCUT2D eigenvalue weighted by molar-refractivity contribution is 5.90. The number of hydrogen-bond donors (Lipinski definition) is 3. The van der Waals surface area contributed by atoms with Gasteiger partial charge < -0.3 is 18.1 Å². The minimum Gasteiger partial charge on any atom is -1.00 e. The summed E-state index contributed by atoms with van der Waals surface area (Å²) in [5, 5.41) is 0. The van der Waals surface area contributed by atoms with E-state index >= 15 is 0 Å². The molecule has 5 N–H and O–H groups in total. The topological polar surface area (TPSA) is 78.4 Å². The second kappa shape index (κ2) is 7.51. The summed E-state index contributed by atoms with van der Waals surface area (Å²) in [6.45, 7) is 1.74. The van der Waals surface area contributed by atoms with Crippen LogP contribution in [-0.4, -0.2) is 17.8 Å². The maximum atomic E-state index is 5.69. The Morgan fingerprint density at radius 1 is 1.13 bits per heavy atom. The molecule has 88 valence electrons. The van der Waals surface area contributed by atoms with Crippen molar-refractivity contribution in [1.82, 2.24) is 0 Å². The second-order valence-electron chi connectivity index (χ2n) is 3.97. The summed E-state index contributed by atoms with van der Waals surface area (Å²) in [4.78, 5) is 7.20. The number of amidine groups is 1. The molecule has 1 saturated carbocycles. The molecule has 0 heterocycles. The standard InChI is InChI=1S/C10H20N4.ClH/c1-8(11)13-10(12)14-9-6-4-2-3-5-7-9;/h9H,2-7H2,1H3,(H4,11,12,13,14);1H. The van der Waals surface area contributed by atoms with Crippen molar-refractivity contribution in [2.75, 3.05) is 0 Å². The monoisotopic (exact) mass is 232 g/mol. The van der Waals surface area contributed by atoms with Crippen LogP contribution >= 0.6 is 0 Å². The van der Waals surface area contributed by atoms with E-state index in [4.69, 9.17) is 11.5 Å². The lowest BCUT2D eigenvalue weighted by atomic mass is 10.1. The number of halogens is 1. The summed E-state index contributed by atoms with van der Waals surface area (Å²) in [5.74, 6) is 0.959. The summed E-state index contributed by atoms with van der Waals surface area (Å²) in [6, 6.07) is 0.487. The molecule has 1 rings (SSSR count). The molecule has 0 aromatic rings. The van der Waals surface area contributed by atoms with Gasteiger partial charge >= 0.3 is 5.96 Å². The number of nitrogens with one attached hydrogen (secondary N) is 1. The minimum atomic E-state index is 0. The zero-order chi connectivity index (χ0) is 10.4. The smallest absolute Gasteiger partial charge is 0.384 e. The lowest BCUT2D eigenvalue weighted by Gasteiger charge is -2.05. The van der Waals surface area contributed by atoms with E-state index < -0.39 is 0 Å². The van der Waals surface area contributed by atoms with Crippen molar-refractivity contribution >= 4 is 11.8 Å². The van der Waals surface area contributed by atoms with Gasteiger partial charge in [0.2, 0.25) is 0 Å². The minimum absolute atomic E-state index is 0. The van der Waals surface area contributed by atoms with Gasteiger partial charge in [0, 0.05) is 6.92 Å². The molecule has 4 nitrogen and oxygen atoms in total. The van der Waals surface area contributed by atoms with Gasteiger partial charge in [-0.1, -0.05) is 30.7 Å². The molecule has 15 heavy (non-hydrogen) atoms. The molecule has 1 aliphatic carbocycles. The summed E-state index contributed by atoms with van der Waals surface area (Å²) < 4.78 is 0. The quantitative estimate of drug-likeness (QED) is 0.249. The molecule has 0 aromatic heterocycles. The number of guanidine groups is 1. The largest absolute Gasteiger partial charge is 1.00 e. The molecule has 0 atom stereocenters. The maximum Gasteiger partial charge on any atom is 0.384 e. The van der Waals surface area contributed by atoms with E-state index in [1.165, 1.54) is 38.5 Å². The SMILES string of the molecule is CC(N)=NC(N)=[NH+]C1CCCCCC1.[Cl-]. The highest BCUT2D eigenvalue weighted by Crippen LogP contribution is 2.14. The molecule has 0 aromatic carbocycles. The number of aliphatic imine (C=N–C) groups is 1. The summed E-state index contributed by atoms with van der Waals surface area (Å²) in [6.07, 6.45) is 7.65. The van der Waals surface area contributed by atoms with Gasteiger partial charge in [0.1, 0.15) is 0 Å². The number of hydrogen-bond acceptors (Lipinski definition) is 0. The van der Waals surface area contributed by atoms with Crippen LogP contribution in [0.4, 0.5) is 0 Å². The Balaban J connectivity index is 0.00000196. The van der Waals surface area contributed by atoms with Crippen LogP contribution in [0.5, 0.6) is 0 Å². The fourth-order valence-electron chi connectivity index (χ4n) is 1.86.